The smallest absolute Gasteiger partial charge is 0.238 e. The molecule has 7 nitrogen and oxygen atoms in total. The number of rotatable bonds is 6. The van der Waals surface area contributed by atoms with Gasteiger partial charge in [-0.1, -0.05) is 164 Å². The van der Waals surface area contributed by atoms with Gasteiger partial charge in [-0.15, -0.1) is 11.3 Å². The standard InChI is InChI=1S/C69H39N5O2S/c1-3-16-40(17-4-1)67-70-68(72-69(71-67)74-56-26-12-8-21-46(56)50-34-33-49-45-20-7-11-25-55(45)73(65(49)66(50)74)44-18-5-2-6-19-44)52-24-15-28-59-64(52)54-36-42(31-35-58(54)75-59)53-37-43(38-60-63(53)51-23-9-13-27-57(51)76-60)41-30-32-48-47-22-10-14-29-61(47)77-62(48)39-41/h1-39H. The molecular formula is C69H39N5O2S. The minimum absolute atomic E-state index is 0.516. The van der Waals surface area contributed by atoms with E-state index in [4.69, 9.17) is 23.8 Å². The van der Waals surface area contributed by atoms with Gasteiger partial charge in [-0.3, -0.25) is 4.57 Å². The van der Waals surface area contributed by atoms with E-state index >= 15 is 0 Å². The first-order valence-electron chi connectivity index (χ1n) is 25.8. The lowest BCUT2D eigenvalue weighted by Gasteiger charge is -2.13. The maximum Gasteiger partial charge on any atom is 0.238 e. The molecule has 0 atom stereocenters. The van der Waals surface area contributed by atoms with Crippen molar-refractivity contribution in [2.45, 2.75) is 0 Å². The monoisotopic (exact) mass is 1000 g/mol. The van der Waals surface area contributed by atoms with Gasteiger partial charge in [0.05, 0.1) is 22.1 Å². The number of aromatic nitrogens is 5. The lowest BCUT2D eigenvalue weighted by atomic mass is 9.93. The summed E-state index contributed by atoms with van der Waals surface area (Å²) in [4.78, 5) is 16.4. The second kappa shape index (κ2) is 16.2. The van der Waals surface area contributed by atoms with Crippen molar-refractivity contribution in [1.82, 2.24) is 24.1 Å². The Hall–Kier alpha value is -10.2. The maximum absolute atomic E-state index is 6.78. The summed E-state index contributed by atoms with van der Waals surface area (Å²) in [7, 11) is 0. The molecule has 0 aliphatic rings. The molecule has 0 unspecified atom stereocenters. The van der Waals surface area contributed by atoms with Crippen LogP contribution in [0.15, 0.2) is 245 Å². The second-order valence-electron chi connectivity index (χ2n) is 19.8. The van der Waals surface area contributed by atoms with Gasteiger partial charge in [-0.2, -0.15) is 9.97 Å². The number of nitrogens with zero attached hydrogens (tertiary/aromatic N) is 5. The molecule has 8 heteroatoms. The van der Waals surface area contributed by atoms with E-state index in [1.54, 1.807) is 0 Å². The van der Waals surface area contributed by atoms with Crippen LogP contribution in [0, 0.1) is 0 Å². The Morgan fingerprint density at radius 2 is 0.909 bits per heavy atom. The van der Waals surface area contributed by atoms with E-state index in [1.165, 1.54) is 25.6 Å². The van der Waals surface area contributed by atoms with Gasteiger partial charge in [0.15, 0.2) is 11.6 Å². The molecule has 0 radical (unpaired) electrons. The zero-order valence-corrected chi connectivity index (χ0v) is 41.8. The molecule has 0 N–H and O–H groups in total. The number of thiophene rings is 1. The van der Waals surface area contributed by atoms with E-state index in [2.05, 4.69) is 209 Å². The molecule has 358 valence electrons. The molecule has 0 spiro atoms. The average Bonchev–Trinajstić information content (AvgIpc) is 4.48. The summed E-state index contributed by atoms with van der Waals surface area (Å²) in [6, 6.07) is 83.7. The number of furan rings is 2. The molecule has 0 saturated heterocycles. The molecule has 0 aliphatic carbocycles. The molecule has 11 aromatic carbocycles. The summed E-state index contributed by atoms with van der Waals surface area (Å²) in [6.07, 6.45) is 0. The predicted molar refractivity (Wildman–Crippen MR) is 318 cm³/mol. The summed E-state index contributed by atoms with van der Waals surface area (Å²) < 4.78 is 20.7. The van der Waals surface area contributed by atoms with Crippen LogP contribution >= 0.6 is 11.3 Å². The largest absolute Gasteiger partial charge is 0.456 e. The van der Waals surface area contributed by atoms with Crippen molar-refractivity contribution in [2.75, 3.05) is 0 Å². The summed E-state index contributed by atoms with van der Waals surface area (Å²) in [6.45, 7) is 0. The van der Waals surface area contributed by atoms with Gasteiger partial charge in [0, 0.05) is 80.1 Å². The molecule has 0 amide bonds. The highest BCUT2D eigenvalue weighted by Crippen LogP contribution is 2.46. The molecule has 0 saturated carbocycles. The van der Waals surface area contributed by atoms with Crippen molar-refractivity contribution < 1.29 is 8.83 Å². The van der Waals surface area contributed by atoms with Gasteiger partial charge < -0.3 is 13.4 Å². The topological polar surface area (TPSA) is 74.8 Å². The van der Waals surface area contributed by atoms with Crippen molar-refractivity contribution >= 4 is 119 Å². The average molecular weight is 1000 g/mol. The zero-order valence-electron chi connectivity index (χ0n) is 41.0. The Labute approximate surface area is 442 Å². The fourth-order valence-corrected chi connectivity index (χ4v) is 13.3. The lowest BCUT2D eigenvalue weighted by molar-refractivity contribution is 0.669. The second-order valence-corrected chi connectivity index (χ2v) is 20.9. The van der Waals surface area contributed by atoms with Crippen molar-refractivity contribution in [1.29, 1.82) is 0 Å². The van der Waals surface area contributed by atoms with Gasteiger partial charge in [0.2, 0.25) is 5.95 Å². The highest BCUT2D eigenvalue weighted by molar-refractivity contribution is 7.25. The summed E-state index contributed by atoms with van der Waals surface area (Å²) >= 11 is 1.83. The zero-order chi connectivity index (χ0) is 50.3. The first-order valence-corrected chi connectivity index (χ1v) is 26.6. The van der Waals surface area contributed by atoms with Crippen LogP contribution in [0.5, 0.6) is 0 Å². The van der Waals surface area contributed by atoms with Crippen molar-refractivity contribution in [2.24, 2.45) is 0 Å². The van der Waals surface area contributed by atoms with Gasteiger partial charge in [-0.05, 0) is 95.1 Å². The van der Waals surface area contributed by atoms with Crippen molar-refractivity contribution in [3.8, 4) is 56.7 Å². The fraction of sp³-hybridized carbons (Fsp3) is 0. The van der Waals surface area contributed by atoms with Gasteiger partial charge >= 0.3 is 0 Å². The van der Waals surface area contributed by atoms with Gasteiger partial charge in [0.25, 0.3) is 0 Å². The molecular weight excluding hydrogens is 963 g/mol. The Morgan fingerprint density at radius 1 is 0.312 bits per heavy atom. The predicted octanol–water partition coefficient (Wildman–Crippen LogP) is 18.9. The van der Waals surface area contributed by atoms with Crippen molar-refractivity contribution in [3.63, 3.8) is 0 Å². The van der Waals surface area contributed by atoms with Gasteiger partial charge in [0.1, 0.15) is 22.3 Å². The SMILES string of the molecule is c1ccc(-c2nc(-c3cccc4oc5ccc(-c6cc(-c7ccc8c(c7)sc7ccccc78)cc7oc8ccccc8c67)cc5c34)nc(-n3c4ccccc4c4ccc5c6ccccc6n(-c6ccccc6)c5c43)n2)cc1. The summed E-state index contributed by atoms with van der Waals surface area (Å²) in [5.74, 6) is 1.62. The van der Waals surface area contributed by atoms with Crippen LogP contribution in [0.1, 0.15) is 0 Å². The third-order valence-corrected chi connectivity index (χ3v) is 16.7. The van der Waals surface area contributed by atoms with E-state index in [-0.39, 0.29) is 0 Å². The van der Waals surface area contributed by atoms with Crippen LogP contribution in [-0.4, -0.2) is 24.1 Å². The van der Waals surface area contributed by atoms with E-state index in [0.29, 0.717) is 17.6 Å². The van der Waals surface area contributed by atoms with Crippen LogP contribution in [0.25, 0.3) is 164 Å². The third kappa shape index (κ3) is 6.27. The first kappa shape index (κ1) is 42.2. The van der Waals surface area contributed by atoms with E-state index in [1.807, 2.05) is 47.7 Å². The number of hydrogen-bond donors (Lipinski definition) is 0. The number of para-hydroxylation sites is 4. The number of fused-ring (bicyclic) bond motifs is 16. The highest BCUT2D eigenvalue weighted by atomic mass is 32.1. The molecule has 77 heavy (non-hydrogen) atoms. The van der Waals surface area contributed by atoms with Crippen molar-refractivity contribution in [3.05, 3.63) is 237 Å². The molecule has 17 rings (SSSR count). The lowest BCUT2D eigenvalue weighted by Crippen LogP contribution is -2.07. The minimum Gasteiger partial charge on any atom is -0.456 e. The van der Waals surface area contributed by atoms with Crippen LogP contribution < -0.4 is 0 Å². The summed E-state index contributed by atoms with van der Waals surface area (Å²) in [5.41, 5.74) is 14.6. The third-order valence-electron chi connectivity index (χ3n) is 15.6. The Morgan fingerprint density at radius 3 is 1.73 bits per heavy atom. The number of benzene rings is 11. The molecule has 0 fully saturated rings. The van der Waals surface area contributed by atoms with E-state index in [0.717, 1.165) is 121 Å². The van der Waals surface area contributed by atoms with Crippen LogP contribution in [-0.2, 0) is 0 Å². The Kier molecular flexibility index (Phi) is 8.87. The minimum atomic E-state index is 0.516. The quantitative estimate of drug-likeness (QED) is 0.166. The van der Waals surface area contributed by atoms with E-state index < -0.39 is 0 Å². The molecule has 17 aromatic rings. The summed E-state index contributed by atoms with van der Waals surface area (Å²) in [5, 5.41) is 11.1. The van der Waals surface area contributed by atoms with Crippen LogP contribution in [0.2, 0.25) is 0 Å². The molecule has 6 aromatic heterocycles. The normalized spacial score (nSPS) is 12.2. The van der Waals surface area contributed by atoms with Crippen LogP contribution in [0.3, 0.4) is 0 Å². The fourth-order valence-electron chi connectivity index (χ4n) is 12.2. The van der Waals surface area contributed by atoms with Crippen LogP contribution in [0.4, 0.5) is 0 Å². The Bertz CT molecular complexity index is 5290. The molecule has 6 heterocycles. The molecule has 0 bridgehead atoms. The molecule has 0 aliphatic heterocycles. The van der Waals surface area contributed by atoms with Gasteiger partial charge in [-0.25, -0.2) is 4.98 Å². The maximum atomic E-state index is 6.78. The Balaban J connectivity index is 0.913. The number of hydrogen-bond acceptors (Lipinski definition) is 6. The highest BCUT2D eigenvalue weighted by Gasteiger charge is 2.25. The first-order chi connectivity index (χ1) is 38.2. The van der Waals surface area contributed by atoms with E-state index in [9.17, 15) is 0 Å².